The number of carbonyl (C=O) groups excluding carboxylic acids is 1. The van der Waals surface area contributed by atoms with E-state index in [2.05, 4.69) is 60.6 Å². The second-order valence-electron chi connectivity index (χ2n) is 17.4. The van der Waals surface area contributed by atoms with Gasteiger partial charge < -0.3 is 34.7 Å². The molecule has 0 amide bonds. The zero-order chi connectivity index (χ0) is 30.7. The van der Waals surface area contributed by atoms with Gasteiger partial charge in [0.15, 0.2) is 6.29 Å². The van der Waals surface area contributed by atoms with Gasteiger partial charge in [-0.1, -0.05) is 60.6 Å². The maximum Gasteiger partial charge on any atom is 0.186 e. The van der Waals surface area contributed by atoms with Gasteiger partial charge in [-0.2, -0.15) is 0 Å². The summed E-state index contributed by atoms with van der Waals surface area (Å²) in [5.74, 6) is 0.302. The first-order valence-electron chi connectivity index (χ1n) is 16.6. The van der Waals surface area contributed by atoms with Gasteiger partial charge in [0.25, 0.3) is 0 Å². The van der Waals surface area contributed by atoms with Crippen LogP contribution in [-0.2, 0) is 14.3 Å². The zero-order valence-electron chi connectivity index (χ0n) is 26.9. The van der Waals surface area contributed by atoms with E-state index < -0.39 is 36.0 Å². The minimum absolute atomic E-state index is 0.0200. The van der Waals surface area contributed by atoms with Gasteiger partial charge in [-0.05, 0) is 109 Å². The highest BCUT2D eigenvalue weighted by Gasteiger charge is 2.69. The quantitative estimate of drug-likeness (QED) is 0.422. The van der Waals surface area contributed by atoms with Crippen molar-refractivity contribution in [2.75, 3.05) is 6.61 Å². The predicted octanol–water partition coefficient (Wildman–Crippen LogP) is 4.22. The van der Waals surface area contributed by atoms with E-state index in [1.54, 1.807) is 0 Å². The summed E-state index contributed by atoms with van der Waals surface area (Å²) >= 11 is 0. The number of carboxylic acid groups (broad SMARTS) is 1. The van der Waals surface area contributed by atoms with E-state index in [9.17, 15) is 25.2 Å². The van der Waals surface area contributed by atoms with Crippen LogP contribution in [0.25, 0.3) is 0 Å². The summed E-state index contributed by atoms with van der Waals surface area (Å²) in [5, 5.41) is 43.2. The molecule has 0 radical (unpaired) electrons. The molecule has 1 aliphatic heterocycles. The van der Waals surface area contributed by atoms with Crippen molar-refractivity contribution in [2.24, 2.45) is 56.2 Å². The van der Waals surface area contributed by atoms with Crippen LogP contribution in [0.1, 0.15) is 106 Å². The summed E-state index contributed by atoms with van der Waals surface area (Å²) in [4.78, 5) is 12.8. The minimum Gasteiger partial charge on any atom is -0.550 e. The summed E-state index contributed by atoms with van der Waals surface area (Å²) < 4.78 is 12.2. The van der Waals surface area contributed by atoms with Crippen LogP contribution >= 0.6 is 0 Å². The molecule has 3 N–H and O–H groups in total. The van der Waals surface area contributed by atoms with Gasteiger partial charge in [0.1, 0.15) is 18.3 Å². The average Bonchev–Trinajstić information content (AvgIpc) is 3.18. The molecule has 13 atom stereocenters. The van der Waals surface area contributed by atoms with E-state index in [-0.39, 0.29) is 51.6 Å². The van der Waals surface area contributed by atoms with Crippen molar-refractivity contribution in [3.05, 3.63) is 12.2 Å². The fourth-order valence-corrected chi connectivity index (χ4v) is 12.0. The number of ether oxygens (including phenoxy) is 2. The highest BCUT2D eigenvalue weighted by Crippen LogP contribution is 2.75. The number of aliphatic hydroxyl groups is 3. The third kappa shape index (κ3) is 4.05. The van der Waals surface area contributed by atoms with Gasteiger partial charge in [0.2, 0.25) is 0 Å². The molecule has 42 heavy (non-hydrogen) atoms. The lowest BCUT2D eigenvalue weighted by Crippen LogP contribution is -2.67. The van der Waals surface area contributed by atoms with Crippen molar-refractivity contribution in [2.45, 2.75) is 137 Å². The van der Waals surface area contributed by atoms with Crippen LogP contribution in [0.2, 0.25) is 0 Å². The second kappa shape index (κ2) is 9.75. The monoisotopic (exact) mass is 587 g/mol. The number of hydrogen-bond acceptors (Lipinski definition) is 7. The van der Waals surface area contributed by atoms with Gasteiger partial charge in [-0.15, -0.1) is 0 Å². The van der Waals surface area contributed by atoms with Crippen molar-refractivity contribution in [3.8, 4) is 0 Å². The van der Waals surface area contributed by atoms with Gasteiger partial charge in [-0.25, -0.2) is 0 Å². The summed E-state index contributed by atoms with van der Waals surface area (Å²) in [6.45, 7) is 16.3. The molecule has 238 valence electrons. The smallest absolute Gasteiger partial charge is 0.186 e. The van der Waals surface area contributed by atoms with Gasteiger partial charge in [-0.3, -0.25) is 0 Å². The molecule has 5 aliphatic carbocycles. The maximum atomic E-state index is 12.8. The Morgan fingerprint density at radius 3 is 2.24 bits per heavy atom. The summed E-state index contributed by atoms with van der Waals surface area (Å²) in [5.41, 5.74) is -0.617. The van der Waals surface area contributed by atoms with E-state index in [1.165, 1.54) is 0 Å². The molecule has 0 aromatic rings. The van der Waals surface area contributed by atoms with E-state index in [1.807, 2.05) is 0 Å². The molecule has 6 aliphatic rings. The van der Waals surface area contributed by atoms with Gasteiger partial charge >= 0.3 is 0 Å². The Bertz CT molecular complexity index is 1120. The van der Waals surface area contributed by atoms with Gasteiger partial charge in [0, 0.05) is 11.4 Å². The molecule has 5 fully saturated rings. The highest BCUT2D eigenvalue weighted by molar-refractivity contribution is 5.73. The molecular formula is C35H55O7-. The Morgan fingerprint density at radius 1 is 0.905 bits per heavy atom. The van der Waals surface area contributed by atoms with E-state index in [4.69, 9.17) is 9.47 Å². The third-order valence-corrected chi connectivity index (χ3v) is 14.8. The molecule has 1 heterocycles. The SMILES string of the molecule is CC1(C)CC[C@]2(C(=O)[O-])CC[C@]3(C)[C@@H](C=C[C@H]4[C@@]5(C)CC[C@H](O[C@H]6O[C@H](CO)[C@@H](O)[C@@H]6O)C(C)(C)[C@@H]5CC[C@]43C)[C@@H]2C1. The lowest BCUT2D eigenvalue weighted by atomic mass is 9.33. The van der Waals surface area contributed by atoms with Crippen LogP contribution in [0.5, 0.6) is 0 Å². The standard InChI is InChI=1S/C35H56O7/c1-30(2)14-16-35(29(39)40)17-15-33(6)20(21(35)18-30)8-9-24-32(5)12-11-25(31(3,4)23(32)10-13-34(24,33)7)42-28-27(38)26(37)22(19-36)41-28/h8-9,20-28,36-38H,10-19H2,1-7H3,(H,39,40)/p-1/t20-,21-,22+,23-,24-,25-,26+,27-,28+,32-,33+,34+,35-/m0/s1. The average molecular weight is 588 g/mol. The van der Waals surface area contributed by atoms with Crippen LogP contribution in [0.3, 0.4) is 0 Å². The summed E-state index contributed by atoms with van der Waals surface area (Å²) in [6, 6.07) is 0. The molecule has 6 rings (SSSR count). The Morgan fingerprint density at radius 2 is 1.60 bits per heavy atom. The molecule has 7 heteroatoms. The first kappa shape index (κ1) is 31.0. The normalized spacial score (nSPS) is 54.3. The first-order valence-corrected chi connectivity index (χ1v) is 16.6. The Kier molecular flexibility index (Phi) is 7.20. The van der Waals surface area contributed by atoms with Crippen molar-refractivity contribution in [3.63, 3.8) is 0 Å². The van der Waals surface area contributed by atoms with E-state index >= 15 is 0 Å². The molecule has 4 saturated carbocycles. The number of rotatable bonds is 4. The van der Waals surface area contributed by atoms with Crippen LogP contribution in [-0.4, -0.2) is 58.6 Å². The van der Waals surface area contributed by atoms with Crippen molar-refractivity contribution >= 4 is 5.97 Å². The number of carboxylic acids is 1. The number of aliphatic hydroxyl groups excluding tert-OH is 3. The number of carbonyl (C=O) groups is 1. The predicted molar refractivity (Wildman–Crippen MR) is 157 cm³/mol. The lowest BCUT2D eigenvalue weighted by Gasteiger charge is -2.72. The molecule has 0 bridgehead atoms. The maximum absolute atomic E-state index is 12.8. The summed E-state index contributed by atoms with van der Waals surface area (Å²) in [7, 11) is 0. The highest BCUT2D eigenvalue weighted by atomic mass is 16.7. The Labute approximate surface area is 252 Å². The number of fused-ring (bicyclic) bond motifs is 7. The van der Waals surface area contributed by atoms with Crippen LogP contribution in [0.4, 0.5) is 0 Å². The largest absolute Gasteiger partial charge is 0.550 e. The fraction of sp³-hybridized carbons (Fsp3) is 0.914. The Balaban J connectivity index is 1.30. The minimum atomic E-state index is -1.18. The first-order chi connectivity index (χ1) is 19.5. The lowest BCUT2D eigenvalue weighted by molar-refractivity contribution is -0.332. The Hall–Kier alpha value is -0.990. The topological polar surface area (TPSA) is 119 Å². The van der Waals surface area contributed by atoms with Crippen molar-refractivity contribution < 1.29 is 34.7 Å². The zero-order valence-corrected chi connectivity index (χ0v) is 26.9. The molecule has 0 aromatic heterocycles. The second-order valence-corrected chi connectivity index (χ2v) is 17.4. The van der Waals surface area contributed by atoms with Gasteiger partial charge in [0.05, 0.1) is 12.7 Å². The molecule has 0 aromatic carbocycles. The van der Waals surface area contributed by atoms with E-state index in [0.717, 1.165) is 57.8 Å². The summed E-state index contributed by atoms with van der Waals surface area (Å²) in [6.07, 6.45) is 8.99. The van der Waals surface area contributed by atoms with Crippen molar-refractivity contribution in [1.82, 2.24) is 0 Å². The third-order valence-electron chi connectivity index (χ3n) is 14.8. The van der Waals surface area contributed by atoms with E-state index in [0.29, 0.717) is 11.8 Å². The molecule has 1 saturated heterocycles. The fourth-order valence-electron chi connectivity index (χ4n) is 12.0. The van der Waals surface area contributed by atoms with Crippen LogP contribution < -0.4 is 5.11 Å². The number of aliphatic carboxylic acids is 1. The molecule has 7 nitrogen and oxygen atoms in total. The van der Waals surface area contributed by atoms with Crippen molar-refractivity contribution in [1.29, 1.82) is 0 Å². The molecular weight excluding hydrogens is 532 g/mol. The molecule has 0 unspecified atom stereocenters. The number of allylic oxidation sites excluding steroid dienone is 2. The molecule has 0 spiro atoms. The number of hydrogen-bond donors (Lipinski definition) is 3. The van der Waals surface area contributed by atoms with Crippen LogP contribution in [0, 0.1) is 56.2 Å². The van der Waals surface area contributed by atoms with Crippen LogP contribution in [0.15, 0.2) is 12.2 Å².